The van der Waals surface area contributed by atoms with E-state index in [1.165, 1.54) is 36.0 Å². The van der Waals surface area contributed by atoms with E-state index in [1.807, 2.05) is 0 Å². The summed E-state index contributed by atoms with van der Waals surface area (Å²) in [6.45, 7) is 7.60. The van der Waals surface area contributed by atoms with Crippen LogP contribution in [0.15, 0.2) is 47.3 Å². The Hall–Kier alpha value is -3.66. The van der Waals surface area contributed by atoms with Crippen molar-refractivity contribution in [3.05, 3.63) is 70.1 Å². The zero-order valence-electron chi connectivity index (χ0n) is 18.8. The molecule has 1 aromatic heterocycles. The van der Waals surface area contributed by atoms with E-state index in [2.05, 4.69) is 9.83 Å². The van der Waals surface area contributed by atoms with Gasteiger partial charge in [-0.3, -0.25) is 9.36 Å². The van der Waals surface area contributed by atoms with Crippen molar-refractivity contribution in [1.82, 2.24) is 9.55 Å². The highest BCUT2D eigenvalue weighted by molar-refractivity contribution is 5.81. The number of benzene rings is 2. The van der Waals surface area contributed by atoms with Crippen LogP contribution in [0.4, 0.5) is 10.1 Å². The van der Waals surface area contributed by atoms with Crippen LogP contribution >= 0.6 is 0 Å². The second-order valence-corrected chi connectivity index (χ2v) is 8.30. The van der Waals surface area contributed by atoms with Gasteiger partial charge in [0.15, 0.2) is 0 Å². The van der Waals surface area contributed by atoms with Crippen molar-refractivity contribution < 1.29 is 13.9 Å². The second-order valence-electron chi connectivity index (χ2n) is 8.30. The molecule has 0 aliphatic heterocycles. The lowest BCUT2D eigenvalue weighted by Gasteiger charge is -2.22. The van der Waals surface area contributed by atoms with Crippen LogP contribution in [0.3, 0.4) is 0 Å². The van der Waals surface area contributed by atoms with E-state index in [-0.39, 0.29) is 17.3 Å². The largest absolute Gasteiger partial charge is 0.497 e. The maximum Gasteiger partial charge on any atom is 0.299 e. The molecule has 0 saturated heterocycles. The molecule has 0 atom stereocenters. The molecule has 6 nitrogen and oxygen atoms in total. The number of nitrogens with zero attached hydrogens (tertiary/aromatic N) is 3. The molecule has 4 rings (SSSR count). The molecule has 1 aliphatic carbocycles. The Morgan fingerprint density at radius 3 is 2.45 bits per heavy atom. The lowest BCUT2D eigenvalue weighted by atomic mass is 9.90. The fraction of sp³-hybridized carbons (Fsp3) is 0.346. The minimum Gasteiger partial charge on any atom is -0.497 e. The van der Waals surface area contributed by atoms with Gasteiger partial charge in [0.25, 0.3) is 11.6 Å². The van der Waals surface area contributed by atoms with Crippen LogP contribution in [0.5, 0.6) is 11.8 Å². The van der Waals surface area contributed by atoms with E-state index in [0.29, 0.717) is 40.7 Å². The Labute approximate surface area is 192 Å². The van der Waals surface area contributed by atoms with Gasteiger partial charge in [0.2, 0.25) is 5.69 Å². The van der Waals surface area contributed by atoms with Crippen molar-refractivity contribution in [2.75, 3.05) is 13.7 Å². The molecule has 0 N–H and O–H groups in total. The molecule has 33 heavy (non-hydrogen) atoms. The Kier molecular flexibility index (Phi) is 6.74. The van der Waals surface area contributed by atoms with E-state index in [0.717, 1.165) is 12.8 Å². The predicted molar refractivity (Wildman–Crippen MR) is 125 cm³/mol. The summed E-state index contributed by atoms with van der Waals surface area (Å²) in [7, 11) is 3.20. The molecule has 1 saturated carbocycles. The smallest absolute Gasteiger partial charge is 0.299 e. The summed E-state index contributed by atoms with van der Waals surface area (Å²) in [4.78, 5) is 21.3. The third-order valence-electron chi connectivity index (χ3n) is 6.14. The van der Waals surface area contributed by atoms with Crippen LogP contribution in [0.2, 0.25) is 0 Å². The Bertz CT molecular complexity index is 1240. The fourth-order valence-corrected chi connectivity index (χ4v) is 4.23. The molecule has 3 aromatic rings. The zero-order valence-corrected chi connectivity index (χ0v) is 18.8. The molecular formula is C26H26FN3O3. The molecule has 0 bridgehead atoms. The summed E-state index contributed by atoms with van der Waals surface area (Å²) < 4.78 is 27.1. The summed E-state index contributed by atoms with van der Waals surface area (Å²) in [5.74, 6) is 0.441. The van der Waals surface area contributed by atoms with Crippen LogP contribution in [0.1, 0.15) is 32.1 Å². The van der Waals surface area contributed by atoms with Gasteiger partial charge in [0.05, 0.1) is 31.5 Å². The summed E-state index contributed by atoms with van der Waals surface area (Å²) in [6.07, 6.45) is 5.84. The first-order valence-electron chi connectivity index (χ1n) is 11.1. The Morgan fingerprint density at radius 1 is 1.12 bits per heavy atom. The van der Waals surface area contributed by atoms with Gasteiger partial charge in [-0.1, -0.05) is 43.5 Å². The maximum atomic E-state index is 14.5. The first-order chi connectivity index (χ1) is 16.0. The summed E-state index contributed by atoms with van der Waals surface area (Å²) in [6, 6.07) is 11.5. The molecule has 0 amide bonds. The van der Waals surface area contributed by atoms with Crippen molar-refractivity contribution in [1.29, 1.82) is 0 Å². The van der Waals surface area contributed by atoms with Gasteiger partial charge in [-0.05, 0) is 42.5 Å². The normalized spacial score (nSPS) is 14.0. The number of methoxy groups -OCH3 is 1. The topological polar surface area (TPSA) is 57.7 Å². The van der Waals surface area contributed by atoms with Crippen LogP contribution in [0.25, 0.3) is 27.2 Å². The molecule has 7 heteroatoms. The molecule has 0 spiro atoms. The van der Waals surface area contributed by atoms with Crippen LogP contribution in [-0.4, -0.2) is 23.3 Å². The van der Waals surface area contributed by atoms with Crippen LogP contribution in [0, 0.1) is 18.3 Å². The number of ether oxygens (including phenoxy) is 2. The molecule has 0 unspecified atom stereocenters. The number of aromatic nitrogens is 2. The van der Waals surface area contributed by atoms with E-state index >= 15 is 0 Å². The maximum absolute atomic E-state index is 14.5. The van der Waals surface area contributed by atoms with Gasteiger partial charge in [-0.25, -0.2) is 9.24 Å². The Balaban J connectivity index is 1.82. The summed E-state index contributed by atoms with van der Waals surface area (Å²) >= 11 is 0. The molecule has 2 aromatic carbocycles. The molecule has 1 aliphatic rings. The van der Waals surface area contributed by atoms with E-state index < -0.39 is 5.82 Å². The highest BCUT2D eigenvalue weighted by Crippen LogP contribution is 2.33. The minimum atomic E-state index is -0.657. The minimum absolute atomic E-state index is 0.0812. The van der Waals surface area contributed by atoms with E-state index in [1.54, 1.807) is 44.5 Å². The van der Waals surface area contributed by atoms with E-state index in [9.17, 15) is 9.18 Å². The van der Waals surface area contributed by atoms with E-state index in [4.69, 9.17) is 16.0 Å². The number of rotatable bonds is 6. The van der Waals surface area contributed by atoms with Gasteiger partial charge in [-0.15, -0.1) is 0 Å². The van der Waals surface area contributed by atoms with Gasteiger partial charge >= 0.3 is 0 Å². The first kappa shape index (κ1) is 22.5. The number of hydrogen-bond acceptors (Lipinski definition) is 4. The van der Waals surface area contributed by atoms with Crippen molar-refractivity contribution in [2.24, 2.45) is 13.0 Å². The van der Waals surface area contributed by atoms with Crippen molar-refractivity contribution in [3.8, 4) is 34.1 Å². The number of hydrogen-bond donors (Lipinski definition) is 0. The van der Waals surface area contributed by atoms with Gasteiger partial charge in [-0.2, -0.15) is 4.98 Å². The third-order valence-corrected chi connectivity index (χ3v) is 6.14. The predicted octanol–water partition coefficient (Wildman–Crippen LogP) is 5.77. The van der Waals surface area contributed by atoms with Crippen molar-refractivity contribution >= 4 is 5.69 Å². The summed E-state index contributed by atoms with van der Waals surface area (Å²) in [5.41, 5.74) is 1.32. The molecule has 1 fully saturated rings. The lowest BCUT2D eigenvalue weighted by molar-refractivity contribution is 0.189. The fourth-order valence-electron chi connectivity index (χ4n) is 4.23. The number of halogens is 1. The van der Waals surface area contributed by atoms with Gasteiger partial charge < -0.3 is 9.47 Å². The quantitative estimate of drug-likeness (QED) is 0.450. The average molecular weight is 448 g/mol. The molecular weight excluding hydrogens is 421 g/mol. The zero-order chi connectivity index (χ0) is 23.4. The Morgan fingerprint density at radius 2 is 1.82 bits per heavy atom. The monoisotopic (exact) mass is 447 g/mol. The van der Waals surface area contributed by atoms with Crippen LogP contribution in [-0.2, 0) is 7.05 Å². The molecule has 0 radical (unpaired) electrons. The van der Waals surface area contributed by atoms with Crippen molar-refractivity contribution in [2.45, 2.75) is 32.1 Å². The highest BCUT2D eigenvalue weighted by Gasteiger charge is 2.21. The second kappa shape index (κ2) is 9.86. The van der Waals surface area contributed by atoms with Crippen LogP contribution < -0.4 is 15.0 Å². The lowest BCUT2D eigenvalue weighted by Crippen LogP contribution is -2.25. The first-order valence-corrected chi connectivity index (χ1v) is 11.1. The SMILES string of the molecule is [C-]#[N+]c1ccc(-c2nc(OCC3CCCCC3)n(C)c(=O)c2-c2ccc(OC)cc2)cc1F. The molecule has 170 valence electrons. The third kappa shape index (κ3) is 4.75. The van der Waals surface area contributed by atoms with Crippen molar-refractivity contribution in [3.63, 3.8) is 0 Å². The van der Waals surface area contributed by atoms with Gasteiger partial charge in [0.1, 0.15) is 11.6 Å². The highest BCUT2D eigenvalue weighted by atomic mass is 19.1. The molecule has 1 heterocycles. The van der Waals surface area contributed by atoms with Gasteiger partial charge in [0, 0.05) is 12.6 Å². The standard InChI is InChI=1S/C26H26FN3O3/c1-28-22-14-11-19(15-21(22)27)24-23(18-9-12-20(32-3)13-10-18)25(31)30(2)26(29-24)33-16-17-7-5-4-6-8-17/h9-15,17H,4-8,16H2,2-3H3. The summed E-state index contributed by atoms with van der Waals surface area (Å²) in [5, 5.41) is 0. The average Bonchev–Trinajstić information content (AvgIpc) is 2.85.